The number of nitrogens with one attached hydrogen (secondary N) is 1. The van der Waals surface area contributed by atoms with Gasteiger partial charge in [0.05, 0.1) is 6.04 Å². The van der Waals surface area contributed by atoms with E-state index in [1.54, 1.807) is 0 Å². The molecule has 0 aliphatic carbocycles. The molecular formula is C11H10F3N3S. The molecule has 18 heavy (non-hydrogen) atoms. The molecular weight excluding hydrogens is 263 g/mol. The Labute approximate surface area is 106 Å². The van der Waals surface area contributed by atoms with Crippen LogP contribution in [0, 0.1) is 0 Å². The number of anilines is 1. The molecule has 0 aliphatic heterocycles. The van der Waals surface area contributed by atoms with Crippen molar-refractivity contribution in [2.75, 3.05) is 5.32 Å². The second kappa shape index (κ2) is 4.93. The second-order valence-corrected chi connectivity index (χ2v) is 4.45. The third-order valence-corrected chi connectivity index (χ3v) is 2.97. The number of alkyl halides is 3. The summed E-state index contributed by atoms with van der Waals surface area (Å²) in [6, 6.07) is 9.28. The molecule has 1 N–H and O–H groups in total. The quantitative estimate of drug-likeness (QED) is 0.926. The van der Waals surface area contributed by atoms with E-state index in [4.69, 9.17) is 0 Å². The molecule has 0 amide bonds. The minimum Gasteiger partial charge on any atom is -0.354 e. The molecule has 1 heterocycles. The van der Waals surface area contributed by atoms with Crippen molar-refractivity contribution in [3.63, 3.8) is 0 Å². The van der Waals surface area contributed by atoms with Gasteiger partial charge in [0.25, 0.3) is 0 Å². The molecule has 1 aromatic carbocycles. The van der Waals surface area contributed by atoms with Crippen LogP contribution < -0.4 is 5.32 Å². The summed E-state index contributed by atoms with van der Waals surface area (Å²) in [5, 5.41) is 3.06. The third-order valence-electron chi connectivity index (χ3n) is 2.32. The Kier molecular flexibility index (Phi) is 3.51. The summed E-state index contributed by atoms with van der Waals surface area (Å²) in [5.41, 5.74) is 0.973. The SMILES string of the molecule is CC(Nc1nc(C(F)(F)F)ns1)c1ccccc1. The van der Waals surface area contributed by atoms with Crippen molar-refractivity contribution in [1.29, 1.82) is 0 Å². The fourth-order valence-corrected chi connectivity index (χ4v) is 2.08. The first-order valence-electron chi connectivity index (χ1n) is 5.19. The molecule has 0 saturated heterocycles. The summed E-state index contributed by atoms with van der Waals surface area (Å²) in [5.74, 6) is -1.10. The fraction of sp³-hybridized carbons (Fsp3) is 0.273. The van der Waals surface area contributed by atoms with Gasteiger partial charge in [0.2, 0.25) is 11.0 Å². The molecule has 2 rings (SSSR count). The Morgan fingerprint density at radius 3 is 2.44 bits per heavy atom. The zero-order valence-corrected chi connectivity index (χ0v) is 10.2. The monoisotopic (exact) mass is 273 g/mol. The van der Waals surface area contributed by atoms with Crippen LogP contribution in [0.4, 0.5) is 18.3 Å². The van der Waals surface area contributed by atoms with E-state index in [-0.39, 0.29) is 11.2 Å². The van der Waals surface area contributed by atoms with Crippen molar-refractivity contribution < 1.29 is 13.2 Å². The zero-order chi connectivity index (χ0) is 13.2. The molecule has 1 atom stereocenters. The molecule has 0 saturated carbocycles. The maximum absolute atomic E-state index is 12.3. The van der Waals surface area contributed by atoms with Gasteiger partial charge < -0.3 is 5.32 Å². The van der Waals surface area contributed by atoms with E-state index in [0.29, 0.717) is 11.5 Å². The van der Waals surface area contributed by atoms with E-state index in [1.165, 1.54) is 0 Å². The smallest absolute Gasteiger partial charge is 0.354 e. The molecule has 96 valence electrons. The van der Waals surface area contributed by atoms with E-state index in [2.05, 4.69) is 14.7 Å². The normalized spacial score (nSPS) is 13.3. The van der Waals surface area contributed by atoms with Crippen molar-refractivity contribution in [3.8, 4) is 0 Å². The van der Waals surface area contributed by atoms with Gasteiger partial charge in [-0.15, -0.1) is 0 Å². The van der Waals surface area contributed by atoms with Gasteiger partial charge in [-0.2, -0.15) is 22.5 Å². The minimum absolute atomic E-state index is 0.125. The highest BCUT2D eigenvalue weighted by molar-refractivity contribution is 7.09. The molecule has 0 fully saturated rings. The van der Waals surface area contributed by atoms with Crippen molar-refractivity contribution in [2.45, 2.75) is 19.1 Å². The van der Waals surface area contributed by atoms with E-state index in [1.807, 2.05) is 37.3 Å². The van der Waals surface area contributed by atoms with E-state index in [0.717, 1.165) is 5.56 Å². The lowest BCUT2D eigenvalue weighted by Crippen LogP contribution is -2.09. The van der Waals surface area contributed by atoms with Gasteiger partial charge in [-0.1, -0.05) is 30.3 Å². The predicted octanol–water partition coefficient (Wildman–Crippen LogP) is 3.73. The van der Waals surface area contributed by atoms with Crippen LogP contribution >= 0.6 is 11.5 Å². The third kappa shape index (κ3) is 2.98. The highest BCUT2D eigenvalue weighted by atomic mass is 32.1. The summed E-state index contributed by atoms with van der Waals surface area (Å²) >= 11 is 0.707. The number of aromatic nitrogens is 2. The number of hydrogen-bond acceptors (Lipinski definition) is 4. The lowest BCUT2D eigenvalue weighted by molar-refractivity contribution is -0.144. The van der Waals surface area contributed by atoms with Gasteiger partial charge in [0.15, 0.2) is 0 Å². The second-order valence-electron chi connectivity index (χ2n) is 3.70. The Morgan fingerprint density at radius 2 is 1.89 bits per heavy atom. The average molecular weight is 273 g/mol. The Bertz CT molecular complexity index is 510. The highest BCUT2D eigenvalue weighted by Gasteiger charge is 2.36. The van der Waals surface area contributed by atoms with Gasteiger partial charge in [-0.3, -0.25) is 0 Å². The molecule has 0 radical (unpaired) electrons. The van der Waals surface area contributed by atoms with Crippen LogP contribution in [0.5, 0.6) is 0 Å². The van der Waals surface area contributed by atoms with E-state index >= 15 is 0 Å². The molecule has 3 nitrogen and oxygen atoms in total. The van der Waals surface area contributed by atoms with Gasteiger partial charge in [-0.25, -0.2) is 0 Å². The number of rotatable bonds is 3. The van der Waals surface area contributed by atoms with E-state index in [9.17, 15) is 13.2 Å². The van der Waals surface area contributed by atoms with Gasteiger partial charge in [0, 0.05) is 11.5 Å². The van der Waals surface area contributed by atoms with Crippen molar-refractivity contribution in [2.24, 2.45) is 0 Å². The first-order chi connectivity index (χ1) is 8.47. The summed E-state index contributed by atoms with van der Waals surface area (Å²) in [6.45, 7) is 1.85. The maximum Gasteiger partial charge on any atom is 0.452 e. The van der Waals surface area contributed by atoms with Crippen LogP contribution in [0.3, 0.4) is 0 Å². The van der Waals surface area contributed by atoms with Crippen LogP contribution in [-0.2, 0) is 6.18 Å². The number of nitrogens with zero attached hydrogens (tertiary/aromatic N) is 2. The van der Waals surface area contributed by atoms with Gasteiger partial charge >= 0.3 is 6.18 Å². The minimum atomic E-state index is -4.49. The van der Waals surface area contributed by atoms with Crippen molar-refractivity contribution in [3.05, 3.63) is 41.7 Å². The topological polar surface area (TPSA) is 37.8 Å². The zero-order valence-electron chi connectivity index (χ0n) is 9.40. The van der Waals surface area contributed by atoms with Crippen LogP contribution in [0.15, 0.2) is 30.3 Å². The summed E-state index contributed by atoms with van der Waals surface area (Å²) in [6.07, 6.45) is -4.49. The number of halogens is 3. The van der Waals surface area contributed by atoms with E-state index < -0.39 is 12.0 Å². The van der Waals surface area contributed by atoms with Crippen molar-refractivity contribution in [1.82, 2.24) is 9.36 Å². The van der Waals surface area contributed by atoms with Crippen LogP contribution in [0.2, 0.25) is 0 Å². The lowest BCUT2D eigenvalue weighted by atomic mass is 10.1. The predicted molar refractivity (Wildman–Crippen MR) is 63.4 cm³/mol. The first-order valence-corrected chi connectivity index (χ1v) is 5.96. The number of benzene rings is 1. The van der Waals surface area contributed by atoms with Crippen LogP contribution in [-0.4, -0.2) is 9.36 Å². The molecule has 0 aliphatic rings. The lowest BCUT2D eigenvalue weighted by Gasteiger charge is -2.12. The first kappa shape index (κ1) is 12.8. The largest absolute Gasteiger partial charge is 0.452 e. The number of hydrogen-bond donors (Lipinski definition) is 1. The average Bonchev–Trinajstić information content (AvgIpc) is 2.78. The maximum atomic E-state index is 12.3. The van der Waals surface area contributed by atoms with Crippen LogP contribution in [0.25, 0.3) is 0 Å². The summed E-state index contributed by atoms with van der Waals surface area (Å²) in [4.78, 5) is 3.42. The Balaban J connectivity index is 2.08. The highest BCUT2D eigenvalue weighted by Crippen LogP contribution is 2.30. The standard InChI is InChI=1S/C11H10F3N3S/c1-7(8-5-3-2-4-6-8)15-10-16-9(17-18-10)11(12,13)14/h2-7H,1H3,(H,15,16,17). The molecule has 1 aromatic heterocycles. The Morgan fingerprint density at radius 1 is 1.22 bits per heavy atom. The molecule has 0 bridgehead atoms. The molecule has 2 aromatic rings. The van der Waals surface area contributed by atoms with Crippen LogP contribution in [0.1, 0.15) is 24.4 Å². The molecule has 7 heteroatoms. The molecule has 1 unspecified atom stereocenters. The molecule has 0 spiro atoms. The summed E-state index contributed by atoms with van der Waals surface area (Å²) in [7, 11) is 0. The van der Waals surface area contributed by atoms with Gasteiger partial charge in [0.1, 0.15) is 0 Å². The Hall–Kier alpha value is -1.63. The summed E-state index contributed by atoms with van der Waals surface area (Å²) < 4.78 is 40.2. The fourth-order valence-electron chi connectivity index (χ4n) is 1.41. The van der Waals surface area contributed by atoms with Gasteiger partial charge in [-0.05, 0) is 12.5 Å². The van der Waals surface area contributed by atoms with Crippen molar-refractivity contribution >= 4 is 16.7 Å².